The third-order valence-electron chi connectivity index (χ3n) is 6.91. The molecular formula is C35H22F2O4. The van der Waals surface area contributed by atoms with Gasteiger partial charge >= 0.3 is 11.9 Å². The molecule has 0 spiro atoms. The number of carbonyl (C=O) groups excluding carboxylic acids is 2. The molecule has 0 aromatic heterocycles. The van der Waals surface area contributed by atoms with Crippen molar-refractivity contribution in [3.05, 3.63) is 155 Å². The van der Waals surface area contributed by atoms with Crippen LogP contribution in [0.15, 0.2) is 121 Å². The molecule has 0 aliphatic rings. The predicted molar refractivity (Wildman–Crippen MR) is 153 cm³/mol. The first kappa shape index (κ1) is 25.9. The lowest BCUT2D eigenvalue weighted by molar-refractivity contribution is 0.0726. The van der Waals surface area contributed by atoms with Gasteiger partial charge in [-0.25, -0.2) is 18.4 Å². The van der Waals surface area contributed by atoms with Gasteiger partial charge in [0, 0.05) is 17.5 Å². The fraction of sp³-hybridized carbons (Fsp3) is 0.0286. The van der Waals surface area contributed by atoms with Gasteiger partial charge in [-0.1, -0.05) is 60.7 Å². The first-order chi connectivity index (χ1) is 20.0. The van der Waals surface area contributed by atoms with E-state index in [-0.39, 0.29) is 17.5 Å². The van der Waals surface area contributed by atoms with Crippen LogP contribution < -0.4 is 9.47 Å². The number of halogens is 2. The molecule has 6 aromatic carbocycles. The first-order valence-corrected chi connectivity index (χ1v) is 12.9. The van der Waals surface area contributed by atoms with Crippen molar-refractivity contribution < 1.29 is 27.8 Å². The monoisotopic (exact) mass is 544 g/mol. The maximum Gasteiger partial charge on any atom is 0.343 e. The SMILES string of the molecule is O=C(Oc1ccc2ccccc2c1Cc1c(OC(=O)c2ccc(F)cc2)ccc2ccccc12)c1ccc(F)cc1. The summed E-state index contributed by atoms with van der Waals surface area (Å²) in [4.78, 5) is 26.1. The Hall–Kier alpha value is -5.36. The zero-order valence-electron chi connectivity index (χ0n) is 21.6. The van der Waals surface area contributed by atoms with Crippen LogP contribution in [-0.4, -0.2) is 11.9 Å². The number of carbonyl (C=O) groups is 2. The number of benzene rings is 6. The van der Waals surface area contributed by atoms with Gasteiger partial charge in [0.1, 0.15) is 23.1 Å². The van der Waals surface area contributed by atoms with E-state index in [1.807, 2.05) is 60.7 Å². The highest BCUT2D eigenvalue weighted by Crippen LogP contribution is 2.36. The largest absolute Gasteiger partial charge is 0.423 e. The van der Waals surface area contributed by atoms with E-state index in [2.05, 4.69) is 0 Å². The predicted octanol–water partition coefficient (Wildman–Crippen LogP) is 8.30. The average molecular weight is 545 g/mol. The van der Waals surface area contributed by atoms with Crippen LogP contribution in [0.5, 0.6) is 11.5 Å². The third kappa shape index (κ3) is 5.40. The minimum absolute atomic E-state index is 0.213. The highest BCUT2D eigenvalue weighted by atomic mass is 19.1. The number of rotatable bonds is 6. The molecule has 200 valence electrons. The van der Waals surface area contributed by atoms with Crippen LogP contribution >= 0.6 is 0 Å². The van der Waals surface area contributed by atoms with Gasteiger partial charge < -0.3 is 9.47 Å². The quantitative estimate of drug-likeness (QED) is 0.156. The summed E-state index contributed by atoms with van der Waals surface area (Å²) in [6.45, 7) is 0. The Morgan fingerprint density at radius 2 is 0.878 bits per heavy atom. The molecule has 0 radical (unpaired) electrons. The van der Waals surface area contributed by atoms with Crippen molar-refractivity contribution in [3.63, 3.8) is 0 Å². The topological polar surface area (TPSA) is 52.6 Å². The van der Waals surface area contributed by atoms with Crippen molar-refractivity contribution in [1.82, 2.24) is 0 Å². The number of esters is 2. The molecule has 0 aliphatic carbocycles. The number of hydrogen-bond acceptors (Lipinski definition) is 4. The van der Waals surface area contributed by atoms with Crippen molar-refractivity contribution in [2.24, 2.45) is 0 Å². The summed E-state index contributed by atoms with van der Waals surface area (Å²) in [5.74, 6) is -1.48. The van der Waals surface area contributed by atoms with Crippen LogP contribution in [0.25, 0.3) is 21.5 Å². The van der Waals surface area contributed by atoms with Gasteiger partial charge in [-0.2, -0.15) is 0 Å². The van der Waals surface area contributed by atoms with Crippen LogP contribution in [0, 0.1) is 11.6 Å². The number of fused-ring (bicyclic) bond motifs is 2. The molecule has 0 bridgehead atoms. The van der Waals surface area contributed by atoms with Crippen molar-refractivity contribution >= 4 is 33.5 Å². The summed E-state index contributed by atoms with van der Waals surface area (Å²) in [6.07, 6.45) is 0.265. The molecule has 0 saturated heterocycles. The zero-order chi connectivity index (χ0) is 28.3. The van der Waals surface area contributed by atoms with E-state index in [1.54, 1.807) is 12.1 Å². The normalized spacial score (nSPS) is 11.0. The fourth-order valence-electron chi connectivity index (χ4n) is 4.85. The van der Waals surface area contributed by atoms with Crippen LogP contribution in [0.3, 0.4) is 0 Å². The highest BCUT2D eigenvalue weighted by Gasteiger charge is 2.20. The number of hydrogen-bond donors (Lipinski definition) is 0. The molecular weight excluding hydrogens is 522 g/mol. The smallest absolute Gasteiger partial charge is 0.343 e. The van der Waals surface area contributed by atoms with Crippen molar-refractivity contribution in [3.8, 4) is 11.5 Å². The summed E-state index contributed by atoms with van der Waals surface area (Å²) in [7, 11) is 0. The summed E-state index contributed by atoms with van der Waals surface area (Å²) in [6, 6.07) is 32.9. The van der Waals surface area contributed by atoms with Gasteiger partial charge in [0.05, 0.1) is 11.1 Å². The molecule has 0 heterocycles. The zero-order valence-corrected chi connectivity index (χ0v) is 21.6. The molecule has 6 rings (SSSR count). The molecule has 0 amide bonds. The molecule has 0 N–H and O–H groups in total. The van der Waals surface area contributed by atoms with Gasteiger partial charge in [0.2, 0.25) is 0 Å². The second-order valence-electron chi connectivity index (χ2n) is 9.50. The van der Waals surface area contributed by atoms with Gasteiger partial charge in [-0.05, 0) is 82.2 Å². The molecule has 0 aliphatic heterocycles. The maximum atomic E-state index is 13.4. The Kier molecular flexibility index (Phi) is 6.96. The van der Waals surface area contributed by atoms with Crippen molar-refractivity contribution in [2.75, 3.05) is 0 Å². The molecule has 4 nitrogen and oxygen atoms in total. The Morgan fingerprint density at radius 1 is 0.488 bits per heavy atom. The summed E-state index contributed by atoms with van der Waals surface area (Å²) in [5.41, 5.74) is 1.86. The van der Waals surface area contributed by atoms with Gasteiger partial charge in [0.15, 0.2) is 0 Å². The molecule has 6 aromatic rings. The molecule has 0 atom stereocenters. The minimum Gasteiger partial charge on any atom is -0.423 e. The summed E-state index contributed by atoms with van der Waals surface area (Å²) >= 11 is 0. The summed E-state index contributed by atoms with van der Waals surface area (Å²) in [5, 5.41) is 3.60. The molecule has 41 heavy (non-hydrogen) atoms. The van der Waals surface area contributed by atoms with Crippen molar-refractivity contribution in [2.45, 2.75) is 6.42 Å². The maximum absolute atomic E-state index is 13.4. The fourth-order valence-corrected chi connectivity index (χ4v) is 4.85. The minimum atomic E-state index is -0.623. The van der Waals surface area contributed by atoms with Crippen LogP contribution in [-0.2, 0) is 6.42 Å². The van der Waals surface area contributed by atoms with Crippen LogP contribution in [0.1, 0.15) is 31.8 Å². The van der Waals surface area contributed by atoms with E-state index in [1.165, 1.54) is 48.5 Å². The van der Waals surface area contributed by atoms with Crippen LogP contribution in [0.2, 0.25) is 0 Å². The summed E-state index contributed by atoms with van der Waals surface area (Å²) < 4.78 is 38.6. The van der Waals surface area contributed by atoms with E-state index in [0.717, 1.165) is 21.5 Å². The molecule has 0 unspecified atom stereocenters. The Morgan fingerprint density at radius 3 is 1.29 bits per heavy atom. The average Bonchev–Trinajstić information content (AvgIpc) is 2.99. The molecule has 6 heteroatoms. The lowest BCUT2D eigenvalue weighted by atomic mass is 9.93. The highest BCUT2D eigenvalue weighted by molar-refractivity contribution is 5.96. The second kappa shape index (κ2) is 11.0. The Bertz CT molecular complexity index is 1770. The third-order valence-corrected chi connectivity index (χ3v) is 6.91. The van der Waals surface area contributed by atoms with Gasteiger partial charge in [0.25, 0.3) is 0 Å². The van der Waals surface area contributed by atoms with E-state index < -0.39 is 23.6 Å². The van der Waals surface area contributed by atoms with E-state index in [9.17, 15) is 18.4 Å². The Labute approximate surface area is 234 Å². The standard InChI is InChI=1S/C35H22F2O4/c36-26-15-9-24(10-16-26)34(38)40-32-19-13-22-5-1-3-7-28(22)30(32)21-31-29-8-4-2-6-23(29)14-20-33(31)41-35(39)25-11-17-27(37)18-12-25/h1-20H,21H2. The first-order valence-electron chi connectivity index (χ1n) is 12.9. The lowest BCUT2D eigenvalue weighted by Gasteiger charge is -2.17. The van der Waals surface area contributed by atoms with Crippen molar-refractivity contribution in [1.29, 1.82) is 0 Å². The molecule has 0 fully saturated rings. The van der Waals surface area contributed by atoms with E-state index in [0.29, 0.717) is 22.6 Å². The van der Waals surface area contributed by atoms with Gasteiger partial charge in [-0.15, -0.1) is 0 Å². The van der Waals surface area contributed by atoms with E-state index in [4.69, 9.17) is 9.47 Å². The van der Waals surface area contributed by atoms with Gasteiger partial charge in [-0.3, -0.25) is 0 Å². The Balaban J connectivity index is 1.45. The van der Waals surface area contributed by atoms with E-state index >= 15 is 0 Å². The number of ether oxygens (including phenoxy) is 2. The molecule has 0 saturated carbocycles. The van der Waals surface area contributed by atoms with Crippen LogP contribution in [0.4, 0.5) is 8.78 Å². The second-order valence-corrected chi connectivity index (χ2v) is 9.50. The lowest BCUT2D eigenvalue weighted by Crippen LogP contribution is -2.12.